The van der Waals surface area contributed by atoms with Gasteiger partial charge in [-0.25, -0.2) is 14.0 Å². The van der Waals surface area contributed by atoms with E-state index in [0.717, 1.165) is 0 Å². The highest BCUT2D eigenvalue weighted by Crippen LogP contribution is 2.29. The Morgan fingerprint density at radius 3 is 2.50 bits per heavy atom. The fourth-order valence-corrected chi connectivity index (χ4v) is 3.44. The Bertz CT molecular complexity index is 734. The first-order valence-electron chi connectivity index (χ1n) is 8.49. The predicted octanol–water partition coefficient (Wildman–Crippen LogP) is 2.11. The molecule has 0 radical (unpaired) electrons. The van der Waals surface area contributed by atoms with Crippen molar-refractivity contribution in [2.24, 2.45) is 0 Å². The Balaban J connectivity index is 1.71. The number of carboxylic acid groups (broad SMARTS) is 1. The topological polar surface area (TPSA) is 98.7 Å². The highest BCUT2D eigenvalue weighted by molar-refractivity contribution is 5.95. The number of carboxylic acids is 1. The SMILES string of the molecule is O=C(Nc1ccc(F)cc1)N[C@H]1C/C=C\C[C@@H]2CC[C@@H](C(=O)O)N2C1=O. The van der Waals surface area contributed by atoms with E-state index >= 15 is 0 Å². The van der Waals surface area contributed by atoms with Gasteiger partial charge in [0.1, 0.15) is 17.9 Å². The number of carbonyl (C=O) groups excluding carboxylic acids is 2. The number of hydrogen-bond acceptors (Lipinski definition) is 3. The number of amides is 3. The molecule has 1 fully saturated rings. The van der Waals surface area contributed by atoms with E-state index in [0.29, 0.717) is 24.9 Å². The molecule has 1 aromatic rings. The van der Waals surface area contributed by atoms with E-state index in [2.05, 4.69) is 10.6 Å². The van der Waals surface area contributed by atoms with Gasteiger partial charge in [-0.1, -0.05) is 12.2 Å². The second kappa shape index (κ2) is 7.55. The number of nitrogens with one attached hydrogen (secondary N) is 2. The van der Waals surface area contributed by atoms with Crippen LogP contribution in [0.4, 0.5) is 14.9 Å². The molecule has 0 unspecified atom stereocenters. The van der Waals surface area contributed by atoms with Gasteiger partial charge in [0.2, 0.25) is 5.91 Å². The second-order valence-electron chi connectivity index (χ2n) is 6.43. The Labute approximate surface area is 149 Å². The summed E-state index contributed by atoms with van der Waals surface area (Å²) in [5.74, 6) is -1.84. The lowest BCUT2D eigenvalue weighted by molar-refractivity contribution is -0.150. The van der Waals surface area contributed by atoms with Crippen molar-refractivity contribution in [1.29, 1.82) is 0 Å². The average molecular weight is 361 g/mol. The van der Waals surface area contributed by atoms with E-state index in [1.807, 2.05) is 12.2 Å². The molecule has 0 saturated carbocycles. The molecule has 0 aromatic heterocycles. The molecular formula is C18H20FN3O4. The summed E-state index contributed by atoms with van der Waals surface area (Å²) in [4.78, 5) is 37.9. The molecule has 3 atom stereocenters. The first-order valence-corrected chi connectivity index (χ1v) is 8.49. The van der Waals surface area contributed by atoms with Gasteiger partial charge >= 0.3 is 12.0 Å². The molecule has 3 amide bonds. The van der Waals surface area contributed by atoms with Gasteiger partial charge in [-0.2, -0.15) is 0 Å². The minimum absolute atomic E-state index is 0.162. The summed E-state index contributed by atoms with van der Waals surface area (Å²) in [5, 5.41) is 14.5. The molecule has 2 heterocycles. The van der Waals surface area contributed by atoms with Gasteiger partial charge in [0.15, 0.2) is 0 Å². The number of rotatable bonds is 3. The maximum absolute atomic E-state index is 12.9. The standard InChI is InChI=1S/C18H20FN3O4/c19-11-5-7-12(8-6-11)20-18(26)21-14-4-2-1-3-13-9-10-15(17(24)25)22(13)16(14)23/h1-2,5-8,13-15H,3-4,9-10H2,(H,24,25)(H2,20,21,26)/b2-1-/t13-,14+,15+/m1/s1. The van der Waals surface area contributed by atoms with Crippen molar-refractivity contribution in [3.63, 3.8) is 0 Å². The van der Waals surface area contributed by atoms with Gasteiger partial charge in [0.05, 0.1) is 0 Å². The minimum atomic E-state index is -1.03. The first-order chi connectivity index (χ1) is 12.5. The number of nitrogens with zero attached hydrogens (tertiary/aromatic N) is 1. The molecule has 0 bridgehead atoms. The van der Waals surface area contributed by atoms with Crippen LogP contribution in [-0.4, -0.2) is 46.0 Å². The smallest absolute Gasteiger partial charge is 0.326 e. The van der Waals surface area contributed by atoms with Gasteiger partial charge in [-0.3, -0.25) is 4.79 Å². The van der Waals surface area contributed by atoms with Crippen molar-refractivity contribution in [1.82, 2.24) is 10.2 Å². The molecule has 1 saturated heterocycles. The van der Waals surface area contributed by atoms with E-state index in [1.54, 1.807) is 0 Å². The van der Waals surface area contributed by atoms with Crippen molar-refractivity contribution in [2.45, 2.75) is 43.8 Å². The summed E-state index contributed by atoms with van der Waals surface area (Å²) in [6.45, 7) is 0. The molecule has 7 nitrogen and oxygen atoms in total. The van der Waals surface area contributed by atoms with Crippen molar-refractivity contribution < 1.29 is 23.9 Å². The fourth-order valence-electron chi connectivity index (χ4n) is 3.44. The van der Waals surface area contributed by atoms with Crippen LogP contribution < -0.4 is 10.6 Å². The van der Waals surface area contributed by atoms with Gasteiger partial charge in [0, 0.05) is 11.7 Å². The Morgan fingerprint density at radius 2 is 1.81 bits per heavy atom. The highest BCUT2D eigenvalue weighted by Gasteiger charge is 2.43. The zero-order valence-electron chi connectivity index (χ0n) is 14.0. The van der Waals surface area contributed by atoms with E-state index in [4.69, 9.17) is 0 Å². The van der Waals surface area contributed by atoms with Crippen molar-refractivity contribution >= 4 is 23.6 Å². The lowest BCUT2D eigenvalue weighted by atomic mass is 10.0. The van der Waals surface area contributed by atoms with Crippen LogP contribution in [0.2, 0.25) is 0 Å². The van der Waals surface area contributed by atoms with Crippen LogP contribution in [0.3, 0.4) is 0 Å². The second-order valence-corrected chi connectivity index (χ2v) is 6.43. The maximum Gasteiger partial charge on any atom is 0.326 e. The molecule has 0 spiro atoms. The number of benzene rings is 1. The summed E-state index contributed by atoms with van der Waals surface area (Å²) >= 11 is 0. The third-order valence-electron chi connectivity index (χ3n) is 4.69. The summed E-state index contributed by atoms with van der Waals surface area (Å²) in [6.07, 6.45) is 5.68. The van der Waals surface area contributed by atoms with Crippen LogP contribution in [0.25, 0.3) is 0 Å². The van der Waals surface area contributed by atoms with E-state index in [-0.39, 0.29) is 12.5 Å². The Kier molecular flexibility index (Phi) is 5.20. The van der Waals surface area contributed by atoms with Gasteiger partial charge < -0.3 is 20.6 Å². The Morgan fingerprint density at radius 1 is 1.12 bits per heavy atom. The number of urea groups is 1. The third-order valence-corrected chi connectivity index (χ3v) is 4.69. The number of carbonyl (C=O) groups is 3. The largest absolute Gasteiger partial charge is 0.480 e. The molecule has 8 heteroatoms. The minimum Gasteiger partial charge on any atom is -0.480 e. The van der Waals surface area contributed by atoms with E-state index < -0.39 is 35.8 Å². The van der Waals surface area contributed by atoms with Gasteiger partial charge in [-0.15, -0.1) is 0 Å². The molecule has 1 aromatic carbocycles. The lowest BCUT2D eigenvalue weighted by Gasteiger charge is -2.32. The summed E-state index contributed by atoms with van der Waals surface area (Å²) in [7, 11) is 0. The van der Waals surface area contributed by atoms with Crippen LogP contribution in [0.5, 0.6) is 0 Å². The number of aliphatic carboxylic acids is 1. The lowest BCUT2D eigenvalue weighted by Crippen LogP contribution is -2.55. The fraction of sp³-hybridized carbons (Fsp3) is 0.389. The van der Waals surface area contributed by atoms with E-state index in [9.17, 15) is 23.9 Å². The molecule has 2 aliphatic rings. The van der Waals surface area contributed by atoms with Gasteiger partial charge in [-0.05, 0) is 49.9 Å². The van der Waals surface area contributed by atoms with Crippen molar-refractivity contribution in [3.05, 3.63) is 42.2 Å². The van der Waals surface area contributed by atoms with Crippen molar-refractivity contribution in [2.75, 3.05) is 5.32 Å². The zero-order chi connectivity index (χ0) is 18.7. The highest BCUT2D eigenvalue weighted by atomic mass is 19.1. The summed E-state index contributed by atoms with van der Waals surface area (Å²) < 4.78 is 12.9. The Hall–Kier alpha value is -2.90. The zero-order valence-corrected chi connectivity index (χ0v) is 14.0. The van der Waals surface area contributed by atoms with Gasteiger partial charge in [0.25, 0.3) is 0 Å². The maximum atomic E-state index is 12.9. The van der Waals surface area contributed by atoms with Crippen LogP contribution in [0.1, 0.15) is 25.7 Å². The van der Waals surface area contributed by atoms with Crippen LogP contribution >= 0.6 is 0 Å². The van der Waals surface area contributed by atoms with E-state index in [1.165, 1.54) is 29.2 Å². The number of anilines is 1. The number of hydrogen-bond donors (Lipinski definition) is 3. The predicted molar refractivity (Wildman–Crippen MR) is 92.0 cm³/mol. The molecule has 3 N–H and O–H groups in total. The quantitative estimate of drug-likeness (QED) is 0.718. The molecular weight excluding hydrogens is 341 g/mol. The normalized spacial score (nSPS) is 26.4. The third kappa shape index (κ3) is 3.84. The average Bonchev–Trinajstić information content (AvgIpc) is 3.01. The summed E-state index contributed by atoms with van der Waals surface area (Å²) in [6, 6.07) is 2.77. The van der Waals surface area contributed by atoms with Crippen LogP contribution in [0, 0.1) is 5.82 Å². The molecule has 26 heavy (non-hydrogen) atoms. The number of fused-ring (bicyclic) bond motifs is 1. The van der Waals surface area contributed by atoms with Crippen LogP contribution in [-0.2, 0) is 9.59 Å². The molecule has 2 aliphatic heterocycles. The monoisotopic (exact) mass is 361 g/mol. The van der Waals surface area contributed by atoms with Crippen molar-refractivity contribution in [3.8, 4) is 0 Å². The summed E-state index contributed by atoms with van der Waals surface area (Å²) in [5.41, 5.74) is 0.389. The number of halogens is 1. The molecule has 138 valence electrons. The molecule has 0 aliphatic carbocycles. The van der Waals surface area contributed by atoms with Crippen LogP contribution in [0.15, 0.2) is 36.4 Å². The first kappa shape index (κ1) is 17.9. The molecule has 3 rings (SSSR count).